The number of aliphatic hydroxyl groups excluding tert-OH is 1. The fourth-order valence-electron chi connectivity index (χ4n) is 1.39. The van der Waals surface area contributed by atoms with Crippen LogP contribution in [-0.2, 0) is 0 Å². The summed E-state index contributed by atoms with van der Waals surface area (Å²) in [7, 11) is 0. The van der Waals surface area contributed by atoms with E-state index in [1.54, 1.807) is 0 Å². The molecule has 0 saturated carbocycles. The third-order valence-electron chi connectivity index (χ3n) is 2.30. The number of H-pyrrole nitrogens is 1. The minimum atomic E-state index is -0.567. The van der Waals surface area contributed by atoms with Gasteiger partial charge in [-0.05, 0) is 19.8 Å². The number of nitrogens with zero attached hydrogens (tertiary/aromatic N) is 1. The number of hydrogen-bond acceptors (Lipinski definition) is 4. The molecule has 0 spiro atoms. The standard InChI is InChI=1S/C10H15N3O4/c1-7(3-2-4-14)12-10(15)9-5-8(6-11-9)13(16)17/h5-7,11,14H,2-4H2,1H3,(H,12,15). The van der Waals surface area contributed by atoms with Crippen LogP contribution in [0, 0.1) is 10.1 Å². The van der Waals surface area contributed by atoms with Crippen LogP contribution in [0.2, 0.25) is 0 Å². The van der Waals surface area contributed by atoms with Gasteiger partial charge >= 0.3 is 0 Å². The van der Waals surface area contributed by atoms with Crippen LogP contribution in [0.3, 0.4) is 0 Å². The molecule has 0 bridgehead atoms. The number of carbonyl (C=O) groups excluding carboxylic acids is 1. The van der Waals surface area contributed by atoms with Crippen molar-refractivity contribution in [1.29, 1.82) is 0 Å². The van der Waals surface area contributed by atoms with Crippen molar-refractivity contribution in [2.45, 2.75) is 25.8 Å². The molecular weight excluding hydrogens is 226 g/mol. The van der Waals surface area contributed by atoms with Gasteiger partial charge in [-0.2, -0.15) is 0 Å². The molecule has 3 N–H and O–H groups in total. The molecule has 0 radical (unpaired) electrons. The molecule has 1 amide bonds. The molecule has 1 unspecified atom stereocenters. The van der Waals surface area contributed by atoms with Gasteiger partial charge in [-0.1, -0.05) is 0 Å². The van der Waals surface area contributed by atoms with Crippen LogP contribution in [0.25, 0.3) is 0 Å². The Labute approximate surface area is 98.0 Å². The van der Waals surface area contributed by atoms with Crippen molar-refractivity contribution in [2.24, 2.45) is 0 Å². The summed E-state index contributed by atoms with van der Waals surface area (Å²) in [6.45, 7) is 1.89. The van der Waals surface area contributed by atoms with Gasteiger partial charge in [0.25, 0.3) is 11.6 Å². The van der Waals surface area contributed by atoms with E-state index in [9.17, 15) is 14.9 Å². The van der Waals surface area contributed by atoms with E-state index in [2.05, 4.69) is 10.3 Å². The average Bonchev–Trinajstić information content (AvgIpc) is 2.75. The summed E-state index contributed by atoms with van der Waals surface area (Å²) in [5.41, 5.74) is 0.0192. The van der Waals surface area contributed by atoms with E-state index in [0.717, 1.165) is 0 Å². The zero-order valence-electron chi connectivity index (χ0n) is 9.47. The Balaban J connectivity index is 2.54. The molecule has 0 fully saturated rings. The smallest absolute Gasteiger partial charge is 0.287 e. The quantitative estimate of drug-likeness (QED) is 0.506. The minimum Gasteiger partial charge on any atom is -0.396 e. The number of hydrogen-bond donors (Lipinski definition) is 3. The second-order valence-electron chi connectivity index (χ2n) is 3.77. The number of aromatic amines is 1. The second-order valence-corrected chi connectivity index (χ2v) is 3.77. The molecule has 0 aliphatic heterocycles. The molecule has 1 atom stereocenters. The predicted molar refractivity (Wildman–Crippen MR) is 60.7 cm³/mol. The van der Waals surface area contributed by atoms with E-state index >= 15 is 0 Å². The third kappa shape index (κ3) is 3.87. The van der Waals surface area contributed by atoms with E-state index in [1.807, 2.05) is 6.92 Å². The molecule has 0 saturated heterocycles. The molecule has 7 nitrogen and oxygen atoms in total. The van der Waals surface area contributed by atoms with E-state index < -0.39 is 4.92 Å². The molecule has 1 rings (SSSR count). The Bertz CT molecular complexity index is 402. The molecule has 0 aliphatic carbocycles. The summed E-state index contributed by atoms with van der Waals surface area (Å²) in [5, 5.41) is 21.7. The maximum absolute atomic E-state index is 11.6. The highest BCUT2D eigenvalue weighted by molar-refractivity contribution is 5.93. The fraction of sp³-hybridized carbons (Fsp3) is 0.500. The van der Waals surface area contributed by atoms with Crippen LogP contribution in [0.15, 0.2) is 12.3 Å². The molecule has 94 valence electrons. The van der Waals surface area contributed by atoms with Gasteiger partial charge in [-0.15, -0.1) is 0 Å². The van der Waals surface area contributed by atoms with Gasteiger partial charge in [-0.3, -0.25) is 14.9 Å². The number of aromatic nitrogens is 1. The number of nitro groups is 1. The maximum atomic E-state index is 11.6. The molecule has 1 aromatic heterocycles. The normalized spacial score (nSPS) is 12.1. The molecule has 1 heterocycles. The number of carbonyl (C=O) groups is 1. The van der Waals surface area contributed by atoms with Gasteiger partial charge < -0.3 is 15.4 Å². The Morgan fingerprint density at radius 2 is 2.41 bits per heavy atom. The van der Waals surface area contributed by atoms with Crippen LogP contribution in [0.1, 0.15) is 30.3 Å². The first kappa shape index (κ1) is 13.2. The lowest BCUT2D eigenvalue weighted by atomic mass is 10.2. The second kappa shape index (κ2) is 6.00. The molecule has 0 aromatic carbocycles. The van der Waals surface area contributed by atoms with E-state index in [-0.39, 0.29) is 29.9 Å². The van der Waals surface area contributed by atoms with Gasteiger partial charge in [0, 0.05) is 18.7 Å². The van der Waals surface area contributed by atoms with Crippen LogP contribution in [0.5, 0.6) is 0 Å². The zero-order chi connectivity index (χ0) is 12.8. The topological polar surface area (TPSA) is 108 Å². The SMILES string of the molecule is CC(CCCO)NC(=O)c1cc([N+](=O)[O-])c[nH]1. The largest absolute Gasteiger partial charge is 0.396 e. The first-order chi connectivity index (χ1) is 8.04. The van der Waals surface area contributed by atoms with E-state index in [1.165, 1.54) is 12.3 Å². The van der Waals surface area contributed by atoms with E-state index in [4.69, 9.17) is 5.11 Å². The molecule has 1 aromatic rings. The van der Waals surface area contributed by atoms with Crippen molar-refractivity contribution in [2.75, 3.05) is 6.61 Å². The monoisotopic (exact) mass is 241 g/mol. The van der Waals surface area contributed by atoms with Gasteiger partial charge in [0.2, 0.25) is 0 Å². The third-order valence-corrected chi connectivity index (χ3v) is 2.30. The number of nitrogens with one attached hydrogen (secondary N) is 2. The highest BCUT2D eigenvalue weighted by atomic mass is 16.6. The Morgan fingerprint density at radius 1 is 1.71 bits per heavy atom. The first-order valence-corrected chi connectivity index (χ1v) is 5.29. The van der Waals surface area contributed by atoms with Crippen LogP contribution >= 0.6 is 0 Å². The van der Waals surface area contributed by atoms with Crippen LogP contribution in [-0.4, -0.2) is 33.6 Å². The number of rotatable bonds is 6. The van der Waals surface area contributed by atoms with Gasteiger partial charge in [0.1, 0.15) is 5.69 Å². The molecule has 17 heavy (non-hydrogen) atoms. The Morgan fingerprint density at radius 3 is 2.94 bits per heavy atom. The van der Waals surface area contributed by atoms with E-state index in [0.29, 0.717) is 12.8 Å². The van der Waals surface area contributed by atoms with Crippen molar-refractivity contribution in [1.82, 2.24) is 10.3 Å². The first-order valence-electron chi connectivity index (χ1n) is 5.29. The average molecular weight is 241 g/mol. The summed E-state index contributed by atoms with van der Waals surface area (Å²) in [5.74, 6) is -0.386. The fourth-order valence-corrected chi connectivity index (χ4v) is 1.39. The Kier molecular flexibility index (Phi) is 4.65. The van der Waals surface area contributed by atoms with Gasteiger partial charge in [-0.25, -0.2) is 0 Å². The molecule has 7 heteroatoms. The van der Waals surface area contributed by atoms with Crippen LogP contribution < -0.4 is 5.32 Å². The summed E-state index contributed by atoms with van der Waals surface area (Å²) in [6.07, 6.45) is 2.44. The lowest BCUT2D eigenvalue weighted by molar-refractivity contribution is -0.384. The van der Waals surface area contributed by atoms with Crippen molar-refractivity contribution in [3.8, 4) is 0 Å². The maximum Gasteiger partial charge on any atom is 0.287 e. The Hall–Kier alpha value is -1.89. The lowest BCUT2D eigenvalue weighted by Gasteiger charge is -2.11. The minimum absolute atomic E-state index is 0.0776. The van der Waals surface area contributed by atoms with Crippen molar-refractivity contribution >= 4 is 11.6 Å². The zero-order valence-corrected chi connectivity index (χ0v) is 9.47. The number of amides is 1. The summed E-state index contributed by atoms with van der Waals surface area (Å²) in [6, 6.07) is 1.10. The summed E-state index contributed by atoms with van der Waals surface area (Å²) >= 11 is 0. The van der Waals surface area contributed by atoms with Gasteiger partial charge in [0.15, 0.2) is 0 Å². The predicted octanol–water partition coefficient (Wildman–Crippen LogP) is 0.814. The van der Waals surface area contributed by atoms with Crippen molar-refractivity contribution in [3.05, 3.63) is 28.1 Å². The molecule has 0 aliphatic rings. The van der Waals surface area contributed by atoms with Crippen molar-refractivity contribution in [3.63, 3.8) is 0 Å². The number of aliphatic hydroxyl groups is 1. The summed E-state index contributed by atoms with van der Waals surface area (Å²) in [4.78, 5) is 24.0. The summed E-state index contributed by atoms with van der Waals surface area (Å²) < 4.78 is 0. The van der Waals surface area contributed by atoms with Crippen LogP contribution in [0.4, 0.5) is 5.69 Å². The van der Waals surface area contributed by atoms with Gasteiger partial charge in [0.05, 0.1) is 11.1 Å². The molecular formula is C10H15N3O4. The van der Waals surface area contributed by atoms with Crippen molar-refractivity contribution < 1.29 is 14.8 Å². The lowest BCUT2D eigenvalue weighted by Crippen LogP contribution is -2.32. The highest BCUT2D eigenvalue weighted by Crippen LogP contribution is 2.12. The highest BCUT2D eigenvalue weighted by Gasteiger charge is 2.15.